The van der Waals surface area contributed by atoms with E-state index in [0.29, 0.717) is 0 Å². The molecule has 1 aromatic carbocycles. The van der Waals surface area contributed by atoms with Gasteiger partial charge in [-0.2, -0.15) is 0 Å². The molecule has 0 saturated carbocycles. The summed E-state index contributed by atoms with van der Waals surface area (Å²) in [6.45, 7) is 7.46. The summed E-state index contributed by atoms with van der Waals surface area (Å²) in [6, 6.07) is 8.88. The highest BCUT2D eigenvalue weighted by Crippen LogP contribution is 2.33. The first-order valence-corrected chi connectivity index (χ1v) is 7.43. The summed E-state index contributed by atoms with van der Waals surface area (Å²) in [6.07, 6.45) is 2.10. The number of alkyl halides is 1. The van der Waals surface area contributed by atoms with Crippen molar-refractivity contribution in [2.75, 3.05) is 12.4 Å². The Balaban J connectivity index is 2.20. The number of halogens is 1. The van der Waals surface area contributed by atoms with Crippen LogP contribution in [-0.2, 0) is 10.2 Å². The fourth-order valence-corrected chi connectivity index (χ4v) is 2.85. The smallest absolute Gasteiger partial charge is 0.238 e. The van der Waals surface area contributed by atoms with Gasteiger partial charge in [0.2, 0.25) is 5.91 Å². The minimum absolute atomic E-state index is 0.0454. The van der Waals surface area contributed by atoms with E-state index in [-0.39, 0.29) is 23.2 Å². The largest absolute Gasteiger partial charge is 0.335 e. The monoisotopic (exact) mass is 279 g/mol. The summed E-state index contributed by atoms with van der Waals surface area (Å²) in [5, 5.41) is 0. The van der Waals surface area contributed by atoms with Crippen molar-refractivity contribution in [3.05, 3.63) is 35.4 Å². The molecule has 0 aliphatic carbocycles. The van der Waals surface area contributed by atoms with E-state index in [1.807, 2.05) is 4.90 Å². The Hall–Kier alpha value is -1.02. The number of hydrogen-bond acceptors (Lipinski definition) is 1. The normalized spacial score (nSPS) is 19.8. The molecule has 0 aromatic heterocycles. The van der Waals surface area contributed by atoms with E-state index >= 15 is 0 Å². The average molecular weight is 280 g/mol. The molecule has 2 nitrogen and oxygen atoms in total. The second-order valence-corrected chi connectivity index (χ2v) is 6.52. The maximum absolute atomic E-state index is 11.8. The number of likely N-dealkylation sites (tertiary alicyclic amines) is 1. The van der Waals surface area contributed by atoms with Crippen molar-refractivity contribution in [3.8, 4) is 0 Å². The van der Waals surface area contributed by atoms with E-state index in [4.69, 9.17) is 11.6 Å². The van der Waals surface area contributed by atoms with E-state index in [2.05, 4.69) is 45.0 Å². The highest BCUT2D eigenvalue weighted by molar-refractivity contribution is 6.27. The minimum atomic E-state index is 0.0454. The van der Waals surface area contributed by atoms with Crippen LogP contribution in [0, 0.1) is 0 Å². The lowest BCUT2D eigenvalue weighted by Gasteiger charge is -2.25. The van der Waals surface area contributed by atoms with Crippen molar-refractivity contribution >= 4 is 17.5 Å². The Bertz CT molecular complexity index is 447. The second-order valence-electron chi connectivity index (χ2n) is 6.25. The molecule has 1 heterocycles. The zero-order chi connectivity index (χ0) is 14.0. The lowest BCUT2D eigenvalue weighted by Crippen LogP contribution is -2.31. The molecule has 1 aromatic rings. The van der Waals surface area contributed by atoms with Crippen molar-refractivity contribution in [3.63, 3.8) is 0 Å². The van der Waals surface area contributed by atoms with Crippen molar-refractivity contribution in [2.24, 2.45) is 0 Å². The Morgan fingerprint density at radius 1 is 1.32 bits per heavy atom. The standard InChI is InChI=1S/C16H22ClNO/c1-16(2,3)13-8-6-12(7-9-13)14-5-4-10-18(14)15(19)11-17/h6-9,14H,4-5,10-11H2,1-3H3/t14-/m1/s1. The van der Waals surface area contributed by atoms with Crippen LogP contribution in [0.5, 0.6) is 0 Å². The van der Waals surface area contributed by atoms with Crippen LogP contribution in [0.3, 0.4) is 0 Å². The fourth-order valence-electron chi connectivity index (χ4n) is 2.69. The molecule has 2 rings (SSSR count). The van der Waals surface area contributed by atoms with Crippen LogP contribution in [-0.4, -0.2) is 23.2 Å². The van der Waals surface area contributed by atoms with Crippen molar-refractivity contribution in [2.45, 2.75) is 45.1 Å². The predicted molar refractivity (Wildman–Crippen MR) is 79.6 cm³/mol. The molecule has 0 spiro atoms. The summed E-state index contributed by atoms with van der Waals surface area (Å²) in [5.74, 6) is 0.125. The van der Waals surface area contributed by atoms with Gasteiger partial charge < -0.3 is 4.90 Å². The minimum Gasteiger partial charge on any atom is -0.335 e. The molecule has 0 bridgehead atoms. The highest BCUT2D eigenvalue weighted by atomic mass is 35.5. The molecular formula is C16H22ClNO. The zero-order valence-electron chi connectivity index (χ0n) is 11.9. The fraction of sp³-hybridized carbons (Fsp3) is 0.562. The van der Waals surface area contributed by atoms with E-state index in [1.54, 1.807) is 0 Å². The number of rotatable bonds is 2. The van der Waals surface area contributed by atoms with E-state index in [0.717, 1.165) is 19.4 Å². The molecule has 0 radical (unpaired) electrons. The number of carbonyl (C=O) groups excluding carboxylic acids is 1. The summed E-state index contributed by atoms with van der Waals surface area (Å²) in [7, 11) is 0. The second kappa shape index (κ2) is 5.54. The van der Waals surface area contributed by atoms with Crippen LogP contribution < -0.4 is 0 Å². The van der Waals surface area contributed by atoms with Gasteiger partial charge in [0.05, 0.1) is 6.04 Å². The molecule has 1 aliphatic rings. The van der Waals surface area contributed by atoms with Crippen LogP contribution in [0.25, 0.3) is 0 Å². The summed E-state index contributed by atoms with van der Waals surface area (Å²) in [4.78, 5) is 13.7. The molecule has 1 saturated heterocycles. The summed E-state index contributed by atoms with van der Waals surface area (Å²) in [5.41, 5.74) is 2.72. The number of benzene rings is 1. The van der Waals surface area contributed by atoms with Gasteiger partial charge in [-0.05, 0) is 29.4 Å². The van der Waals surface area contributed by atoms with Crippen LogP contribution in [0.15, 0.2) is 24.3 Å². The van der Waals surface area contributed by atoms with Crippen molar-refractivity contribution in [1.29, 1.82) is 0 Å². The van der Waals surface area contributed by atoms with Gasteiger partial charge in [0.25, 0.3) is 0 Å². The first kappa shape index (κ1) is 14.4. The van der Waals surface area contributed by atoms with Gasteiger partial charge in [0, 0.05) is 6.54 Å². The zero-order valence-corrected chi connectivity index (χ0v) is 12.7. The average Bonchev–Trinajstić information content (AvgIpc) is 2.86. The van der Waals surface area contributed by atoms with Crippen LogP contribution in [0.2, 0.25) is 0 Å². The molecular weight excluding hydrogens is 258 g/mol. The third-order valence-electron chi connectivity index (χ3n) is 3.85. The van der Waals surface area contributed by atoms with E-state index < -0.39 is 0 Å². The topological polar surface area (TPSA) is 20.3 Å². The molecule has 104 valence electrons. The first-order valence-electron chi connectivity index (χ1n) is 6.89. The van der Waals surface area contributed by atoms with E-state index in [9.17, 15) is 4.79 Å². The molecule has 19 heavy (non-hydrogen) atoms. The molecule has 0 unspecified atom stereocenters. The molecule has 1 atom stereocenters. The lowest BCUT2D eigenvalue weighted by atomic mass is 9.86. The quantitative estimate of drug-likeness (QED) is 0.752. The third kappa shape index (κ3) is 3.11. The van der Waals surface area contributed by atoms with Gasteiger partial charge in [-0.1, -0.05) is 45.0 Å². The summed E-state index contributed by atoms with van der Waals surface area (Å²) < 4.78 is 0. The third-order valence-corrected chi connectivity index (χ3v) is 4.08. The van der Waals surface area contributed by atoms with Gasteiger partial charge in [-0.25, -0.2) is 0 Å². The maximum Gasteiger partial charge on any atom is 0.238 e. The highest BCUT2D eigenvalue weighted by Gasteiger charge is 2.29. The summed E-state index contributed by atoms with van der Waals surface area (Å²) >= 11 is 5.68. The van der Waals surface area contributed by atoms with Crippen molar-refractivity contribution in [1.82, 2.24) is 4.90 Å². The lowest BCUT2D eigenvalue weighted by molar-refractivity contribution is -0.129. The van der Waals surface area contributed by atoms with Crippen LogP contribution in [0.4, 0.5) is 0 Å². The van der Waals surface area contributed by atoms with Gasteiger partial charge in [0.1, 0.15) is 5.88 Å². The SMILES string of the molecule is CC(C)(C)c1ccc([C@H]2CCCN2C(=O)CCl)cc1. The Morgan fingerprint density at radius 3 is 2.47 bits per heavy atom. The molecule has 1 fully saturated rings. The molecule has 1 aliphatic heterocycles. The molecule has 3 heteroatoms. The Kier molecular flexibility index (Phi) is 4.19. The van der Waals surface area contributed by atoms with Gasteiger partial charge in [0.15, 0.2) is 0 Å². The molecule has 0 N–H and O–H groups in total. The number of carbonyl (C=O) groups is 1. The first-order chi connectivity index (χ1) is 8.93. The van der Waals surface area contributed by atoms with Crippen molar-refractivity contribution < 1.29 is 4.79 Å². The predicted octanol–water partition coefficient (Wildman–Crippen LogP) is 3.89. The number of amides is 1. The Morgan fingerprint density at radius 2 is 1.95 bits per heavy atom. The number of nitrogens with zero attached hydrogens (tertiary/aromatic N) is 1. The maximum atomic E-state index is 11.8. The van der Waals surface area contributed by atoms with Gasteiger partial charge >= 0.3 is 0 Å². The number of hydrogen-bond donors (Lipinski definition) is 0. The Labute approximate surface area is 120 Å². The van der Waals surface area contributed by atoms with Gasteiger partial charge in [-0.3, -0.25) is 4.79 Å². The van der Waals surface area contributed by atoms with Gasteiger partial charge in [-0.15, -0.1) is 11.6 Å². The van der Waals surface area contributed by atoms with Crippen LogP contribution >= 0.6 is 11.6 Å². The molecule has 1 amide bonds. The van der Waals surface area contributed by atoms with E-state index in [1.165, 1.54) is 11.1 Å². The van der Waals surface area contributed by atoms with Crippen LogP contribution in [0.1, 0.15) is 50.8 Å².